The maximum atomic E-state index is 12.5. The molecule has 0 aliphatic carbocycles. The Bertz CT molecular complexity index is 1130. The summed E-state index contributed by atoms with van der Waals surface area (Å²) in [6.45, 7) is 0. The van der Waals surface area contributed by atoms with Crippen molar-refractivity contribution in [3.05, 3.63) is 53.5 Å². The average Bonchev–Trinajstić information content (AvgIpc) is 3.16. The molecule has 0 spiro atoms. The summed E-state index contributed by atoms with van der Waals surface area (Å²) < 4.78 is 33.4. The zero-order valence-corrected chi connectivity index (χ0v) is 17.6. The highest BCUT2D eigenvalue weighted by Crippen LogP contribution is 2.30. The number of benzene rings is 2. The molecular formula is C19H19N3O5S2. The summed E-state index contributed by atoms with van der Waals surface area (Å²) in [5.74, 6) is 0.699. The van der Waals surface area contributed by atoms with Crippen LogP contribution in [-0.4, -0.2) is 39.8 Å². The molecule has 0 bridgehead atoms. The first kappa shape index (κ1) is 20.6. The summed E-state index contributed by atoms with van der Waals surface area (Å²) in [5.41, 5.74) is 1.46. The third-order valence-electron chi connectivity index (χ3n) is 3.91. The number of carbonyl (C=O) groups is 1. The predicted octanol–water partition coefficient (Wildman–Crippen LogP) is 3.56. The van der Waals surface area contributed by atoms with E-state index in [2.05, 4.69) is 15.6 Å². The molecule has 1 aromatic heterocycles. The molecule has 1 heterocycles. The van der Waals surface area contributed by atoms with E-state index in [1.54, 1.807) is 35.7 Å². The summed E-state index contributed by atoms with van der Waals surface area (Å²) in [6.07, 6.45) is 1.15. The number of ether oxygens (including phenoxy) is 2. The molecule has 0 unspecified atom stereocenters. The van der Waals surface area contributed by atoms with E-state index in [1.165, 1.54) is 37.7 Å². The molecule has 1 amide bonds. The number of nitrogens with one attached hydrogen (secondary N) is 2. The Balaban J connectivity index is 1.68. The molecule has 0 atom stereocenters. The Morgan fingerprint density at radius 1 is 1.00 bits per heavy atom. The quantitative estimate of drug-likeness (QED) is 0.587. The zero-order chi connectivity index (χ0) is 21.0. The van der Waals surface area contributed by atoms with Gasteiger partial charge in [0.1, 0.15) is 5.69 Å². The number of rotatable bonds is 7. The van der Waals surface area contributed by atoms with Crippen LogP contribution in [0.5, 0.6) is 11.5 Å². The molecule has 0 radical (unpaired) electrons. The first-order valence-corrected chi connectivity index (χ1v) is 11.1. The molecule has 0 fully saturated rings. The topological polar surface area (TPSA) is 107 Å². The monoisotopic (exact) mass is 433 g/mol. The lowest BCUT2D eigenvalue weighted by molar-refractivity contribution is 0.102. The summed E-state index contributed by atoms with van der Waals surface area (Å²) in [6, 6.07) is 11.4. The first-order valence-electron chi connectivity index (χ1n) is 8.36. The Hall–Kier alpha value is -3.11. The van der Waals surface area contributed by atoms with E-state index in [-0.39, 0.29) is 16.5 Å². The Morgan fingerprint density at radius 3 is 2.28 bits per heavy atom. The largest absolute Gasteiger partial charge is 0.493 e. The molecular weight excluding hydrogens is 414 g/mol. The molecule has 2 N–H and O–H groups in total. The fourth-order valence-electron chi connectivity index (χ4n) is 2.45. The second kappa shape index (κ2) is 8.50. The van der Waals surface area contributed by atoms with E-state index in [4.69, 9.17) is 9.47 Å². The zero-order valence-electron chi connectivity index (χ0n) is 15.9. The van der Waals surface area contributed by atoms with Gasteiger partial charge in [-0.2, -0.15) is 0 Å². The molecule has 3 rings (SSSR count). The van der Waals surface area contributed by atoms with E-state index < -0.39 is 9.84 Å². The number of hydrogen-bond acceptors (Lipinski definition) is 8. The lowest BCUT2D eigenvalue weighted by atomic mass is 10.2. The van der Waals surface area contributed by atoms with Crippen molar-refractivity contribution in [3.8, 4) is 11.5 Å². The number of sulfone groups is 1. The standard InChI is InChI=1S/C19H19N3O5S2/c1-26-16-9-6-13(10-17(16)27-2)20-18(23)15-11-28-19(22-15)21-12-4-7-14(8-5-12)29(3,24)25/h4-11H,1-3H3,(H,20,23)(H,21,22). The molecule has 2 aromatic carbocycles. The van der Waals surface area contributed by atoms with Crippen molar-refractivity contribution in [2.45, 2.75) is 4.90 Å². The van der Waals surface area contributed by atoms with Gasteiger partial charge in [0.05, 0.1) is 19.1 Å². The highest BCUT2D eigenvalue weighted by molar-refractivity contribution is 7.90. The Morgan fingerprint density at radius 2 is 1.66 bits per heavy atom. The van der Waals surface area contributed by atoms with Gasteiger partial charge in [-0.05, 0) is 36.4 Å². The minimum absolute atomic E-state index is 0.233. The average molecular weight is 434 g/mol. The highest BCUT2D eigenvalue weighted by atomic mass is 32.2. The van der Waals surface area contributed by atoms with Gasteiger partial charge >= 0.3 is 0 Å². The van der Waals surface area contributed by atoms with Crippen LogP contribution in [-0.2, 0) is 9.84 Å². The normalized spacial score (nSPS) is 11.0. The van der Waals surface area contributed by atoms with Crippen LogP contribution in [0.25, 0.3) is 0 Å². The number of amides is 1. The minimum atomic E-state index is -3.25. The lowest BCUT2D eigenvalue weighted by Crippen LogP contribution is -2.12. The van der Waals surface area contributed by atoms with Crippen molar-refractivity contribution < 1.29 is 22.7 Å². The fourth-order valence-corrected chi connectivity index (χ4v) is 3.79. The van der Waals surface area contributed by atoms with Crippen LogP contribution in [0.4, 0.5) is 16.5 Å². The number of thiazole rings is 1. The molecule has 152 valence electrons. The van der Waals surface area contributed by atoms with Gasteiger partial charge < -0.3 is 20.1 Å². The predicted molar refractivity (Wildman–Crippen MR) is 112 cm³/mol. The van der Waals surface area contributed by atoms with Gasteiger partial charge in [0.15, 0.2) is 26.5 Å². The number of nitrogens with zero attached hydrogens (tertiary/aromatic N) is 1. The van der Waals surface area contributed by atoms with Crippen molar-refractivity contribution in [2.75, 3.05) is 31.1 Å². The number of hydrogen-bond donors (Lipinski definition) is 2. The van der Waals surface area contributed by atoms with Crippen LogP contribution >= 0.6 is 11.3 Å². The van der Waals surface area contributed by atoms with E-state index in [9.17, 15) is 13.2 Å². The molecule has 29 heavy (non-hydrogen) atoms. The van der Waals surface area contributed by atoms with Crippen LogP contribution in [0.15, 0.2) is 52.7 Å². The second-order valence-electron chi connectivity index (χ2n) is 5.98. The van der Waals surface area contributed by atoms with Gasteiger partial charge in [0, 0.05) is 29.1 Å². The first-order chi connectivity index (χ1) is 13.8. The van der Waals surface area contributed by atoms with Crippen molar-refractivity contribution in [1.82, 2.24) is 4.98 Å². The summed E-state index contributed by atoms with van der Waals surface area (Å²) in [7, 11) is -0.195. The summed E-state index contributed by atoms with van der Waals surface area (Å²) >= 11 is 1.26. The van der Waals surface area contributed by atoms with Crippen molar-refractivity contribution >= 4 is 43.6 Å². The van der Waals surface area contributed by atoms with E-state index in [0.717, 1.165) is 6.26 Å². The van der Waals surface area contributed by atoms with Crippen LogP contribution in [0.3, 0.4) is 0 Å². The van der Waals surface area contributed by atoms with E-state index in [1.807, 2.05) is 0 Å². The molecule has 10 heteroatoms. The van der Waals surface area contributed by atoms with Crippen LogP contribution < -0.4 is 20.1 Å². The molecule has 0 saturated carbocycles. The smallest absolute Gasteiger partial charge is 0.275 e. The van der Waals surface area contributed by atoms with Gasteiger partial charge in [-0.1, -0.05) is 0 Å². The summed E-state index contributed by atoms with van der Waals surface area (Å²) in [4.78, 5) is 17.0. The van der Waals surface area contributed by atoms with E-state index >= 15 is 0 Å². The van der Waals surface area contributed by atoms with Gasteiger partial charge in [-0.25, -0.2) is 13.4 Å². The maximum Gasteiger partial charge on any atom is 0.275 e. The van der Waals surface area contributed by atoms with Gasteiger partial charge in [0.25, 0.3) is 5.91 Å². The van der Waals surface area contributed by atoms with Crippen molar-refractivity contribution in [2.24, 2.45) is 0 Å². The minimum Gasteiger partial charge on any atom is -0.493 e. The van der Waals surface area contributed by atoms with Gasteiger partial charge in [-0.15, -0.1) is 11.3 Å². The molecule has 0 aliphatic heterocycles. The second-order valence-corrected chi connectivity index (χ2v) is 8.86. The van der Waals surface area contributed by atoms with Crippen molar-refractivity contribution in [3.63, 3.8) is 0 Å². The van der Waals surface area contributed by atoms with Crippen LogP contribution in [0, 0.1) is 0 Å². The summed E-state index contributed by atoms with van der Waals surface area (Å²) in [5, 5.41) is 7.95. The van der Waals surface area contributed by atoms with Crippen molar-refractivity contribution in [1.29, 1.82) is 0 Å². The molecule has 3 aromatic rings. The number of methoxy groups -OCH3 is 2. The molecule has 8 nitrogen and oxygen atoms in total. The van der Waals surface area contributed by atoms with Crippen LogP contribution in [0.2, 0.25) is 0 Å². The third kappa shape index (κ3) is 5.04. The maximum absolute atomic E-state index is 12.5. The van der Waals surface area contributed by atoms with Gasteiger partial charge in [0.2, 0.25) is 0 Å². The number of aromatic nitrogens is 1. The lowest BCUT2D eigenvalue weighted by Gasteiger charge is -2.10. The Labute approximate surface area is 172 Å². The fraction of sp³-hybridized carbons (Fsp3) is 0.158. The van der Waals surface area contributed by atoms with E-state index in [0.29, 0.717) is 28.0 Å². The van der Waals surface area contributed by atoms with Crippen LogP contribution in [0.1, 0.15) is 10.5 Å². The molecule has 0 aliphatic rings. The van der Waals surface area contributed by atoms with Gasteiger partial charge in [-0.3, -0.25) is 4.79 Å². The number of carbonyl (C=O) groups excluding carboxylic acids is 1. The highest BCUT2D eigenvalue weighted by Gasteiger charge is 2.13. The Kier molecular flexibility index (Phi) is 6.04. The number of anilines is 3. The third-order valence-corrected chi connectivity index (χ3v) is 5.80. The molecule has 0 saturated heterocycles. The SMILES string of the molecule is COc1ccc(NC(=O)c2csc(Nc3ccc(S(C)(=O)=O)cc3)n2)cc1OC.